The summed E-state index contributed by atoms with van der Waals surface area (Å²) in [6.45, 7) is 4.45. The van der Waals surface area contributed by atoms with Gasteiger partial charge in [0.15, 0.2) is 0 Å². The lowest BCUT2D eigenvalue weighted by Gasteiger charge is -2.08. The Morgan fingerprint density at radius 2 is 2.00 bits per heavy atom. The molecular formula is C12H15ClFNO3S. The van der Waals surface area contributed by atoms with Crippen LogP contribution in [0, 0.1) is 11.7 Å². The molecule has 1 aromatic rings. The third-order valence-electron chi connectivity index (χ3n) is 2.42. The number of rotatable bonds is 5. The van der Waals surface area contributed by atoms with Gasteiger partial charge in [-0.15, -0.1) is 0 Å². The van der Waals surface area contributed by atoms with Crippen molar-refractivity contribution in [3.05, 3.63) is 29.6 Å². The Balaban J connectivity index is 2.89. The SMILES string of the molecule is CC(C)CCNC(=O)c1cc(F)cc(S(=O)(=O)Cl)c1. The third kappa shape index (κ3) is 5.16. The maximum atomic E-state index is 13.3. The molecule has 0 fully saturated rings. The first-order chi connectivity index (χ1) is 8.70. The van der Waals surface area contributed by atoms with Crippen LogP contribution >= 0.6 is 10.7 Å². The third-order valence-corrected chi connectivity index (χ3v) is 3.76. The van der Waals surface area contributed by atoms with Gasteiger partial charge in [0.05, 0.1) is 4.90 Å². The lowest BCUT2D eigenvalue weighted by atomic mass is 10.1. The Labute approximate surface area is 116 Å². The molecule has 0 aliphatic heterocycles. The summed E-state index contributed by atoms with van der Waals surface area (Å²) in [6.07, 6.45) is 0.779. The van der Waals surface area contributed by atoms with E-state index in [2.05, 4.69) is 5.32 Å². The van der Waals surface area contributed by atoms with Crippen LogP contribution in [-0.2, 0) is 9.05 Å². The predicted octanol–water partition coefficient (Wildman–Crippen LogP) is 2.53. The van der Waals surface area contributed by atoms with E-state index < -0.39 is 25.7 Å². The fourth-order valence-electron chi connectivity index (χ4n) is 1.41. The molecule has 0 radical (unpaired) electrons. The number of amides is 1. The molecule has 1 aromatic carbocycles. The lowest BCUT2D eigenvalue weighted by Crippen LogP contribution is -2.25. The molecular weight excluding hydrogens is 293 g/mol. The van der Waals surface area contributed by atoms with Crippen LogP contribution in [0.15, 0.2) is 23.1 Å². The molecule has 0 saturated heterocycles. The molecule has 1 rings (SSSR count). The summed E-state index contributed by atoms with van der Waals surface area (Å²) < 4.78 is 35.5. The summed E-state index contributed by atoms with van der Waals surface area (Å²) in [5.74, 6) is -0.927. The second-order valence-electron chi connectivity index (χ2n) is 4.55. The molecule has 0 aliphatic carbocycles. The Kier molecular flexibility index (Phi) is 5.31. The molecule has 0 atom stereocenters. The van der Waals surface area contributed by atoms with E-state index in [0.29, 0.717) is 12.5 Å². The summed E-state index contributed by atoms with van der Waals surface area (Å²) >= 11 is 0. The molecule has 4 nitrogen and oxygen atoms in total. The van der Waals surface area contributed by atoms with E-state index in [1.807, 2.05) is 13.8 Å². The first-order valence-electron chi connectivity index (χ1n) is 5.73. The second-order valence-corrected chi connectivity index (χ2v) is 7.12. The van der Waals surface area contributed by atoms with E-state index in [1.54, 1.807) is 0 Å². The summed E-state index contributed by atoms with van der Waals surface area (Å²) in [6, 6.07) is 2.79. The van der Waals surface area contributed by atoms with Crippen molar-refractivity contribution < 1.29 is 17.6 Å². The Morgan fingerprint density at radius 3 is 2.53 bits per heavy atom. The molecule has 1 N–H and O–H groups in total. The van der Waals surface area contributed by atoms with Gasteiger partial charge in [-0.25, -0.2) is 12.8 Å². The highest BCUT2D eigenvalue weighted by Gasteiger charge is 2.15. The second kappa shape index (κ2) is 6.34. The average Bonchev–Trinajstić information content (AvgIpc) is 2.26. The Bertz CT molecular complexity index is 572. The van der Waals surface area contributed by atoms with Crippen LogP contribution < -0.4 is 5.32 Å². The number of halogens is 2. The maximum absolute atomic E-state index is 13.3. The molecule has 0 heterocycles. The van der Waals surface area contributed by atoms with Crippen molar-refractivity contribution in [2.24, 2.45) is 5.92 Å². The molecule has 19 heavy (non-hydrogen) atoms. The highest BCUT2D eigenvalue weighted by molar-refractivity contribution is 8.13. The van der Waals surface area contributed by atoms with Crippen LogP contribution in [-0.4, -0.2) is 20.9 Å². The minimum absolute atomic E-state index is 0.0667. The van der Waals surface area contributed by atoms with E-state index in [-0.39, 0.29) is 5.56 Å². The van der Waals surface area contributed by atoms with Crippen LogP contribution in [0.5, 0.6) is 0 Å². The van der Waals surface area contributed by atoms with Crippen molar-refractivity contribution in [1.82, 2.24) is 5.32 Å². The largest absolute Gasteiger partial charge is 0.352 e. The normalized spacial score (nSPS) is 11.6. The van der Waals surface area contributed by atoms with E-state index in [9.17, 15) is 17.6 Å². The van der Waals surface area contributed by atoms with Gasteiger partial charge in [0.1, 0.15) is 5.82 Å². The monoisotopic (exact) mass is 307 g/mol. The van der Waals surface area contributed by atoms with Gasteiger partial charge in [-0.05, 0) is 30.5 Å². The van der Waals surface area contributed by atoms with E-state index in [4.69, 9.17) is 10.7 Å². The Morgan fingerprint density at radius 1 is 1.37 bits per heavy atom. The van der Waals surface area contributed by atoms with Crippen molar-refractivity contribution in [1.29, 1.82) is 0 Å². The lowest BCUT2D eigenvalue weighted by molar-refractivity contribution is 0.0951. The molecule has 0 bridgehead atoms. The van der Waals surface area contributed by atoms with Gasteiger partial charge in [-0.3, -0.25) is 4.79 Å². The highest BCUT2D eigenvalue weighted by atomic mass is 35.7. The van der Waals surface area contributed by atoms with Crippen molar-refractivity contribution in [3.63, 3.8) is 0 Å². The summed E-state index contributed by atoms with van der Waals surface area (Å²) in [7, 11) is 1.06. The molecule has 1 amide bonds. The number of nitrogens with one attached hydrogen (secondary N) is 1. The molecule has 7 heteroatoms. The molecule has 0 spiro atoms. The summed E-state index contributed by atoms with van der Waals surface area (Å²) in [5.41, 5.74) is -0.0667. The predicted molar refractivity (Wildman–Crippen MR) is 71.2 cm³/mol. The van der Waals surface area contributed by atoms with E-state index in [1.165, 1.54) is 0 Å². The standard InChI is InChI=1S/C12H15ClFNO3S/c1-8(2)3-4-15-12(16)9-5-10(14)7-11(6-9)19(13,17)18/h5-8H,3-4H2,1-2H3,(H,15,16). The molecule has 0 aliphatic rings. The highest BCUT2D eigenvalue weighted by Crippen LogP contribution is 2.18. The molecule has 0 saturated carbocycles. The van der Waals surface area contributed by atoms with Gasteiger partial charge in [0.2, 0.25) is 0 Å². The number of hydrogen-bond acceptors (Lipinski definition) is 3. The molecule has 0 unspecified atom stereocenters. The fraction of sp³-hybridized carbons (Fsp3) is 0.417. The minimum atomic E-state index is -4.06. The van der Waals surface area contributed by atoms with Gasteiger partial charge in [0.25, 0.3) is 15.0 Å². The summed E-state index contributed by atoms with van der Waals surface area (Å²) in [4.78, 5) is 11.3. The minimum Gasteiger partial charge on any atom is -0.352 e. The maximum Gasteiger partial charge on any atom is 0.261 e. The number of benzene rings is 1. The number of hydrogen-bond donors (Lipinski definition) is 1. The first-order valence-corrected chi connectivity index (χ1v) is 8.04. The zero-order valence-electron chi connectivity index (χ0n) is 10.6. The van der Waals surface area contributed by atoms with E-state index in [0.717, 1.165) is 24.6 Å². The smallest absolute Gasteiger partial charge is 0.261 e. The number of carbonyl (C=O) groups is 1. The molecule has 106 valence electrons. The van der Waals surface area contributed by atoms with Gasteiger partial charge >= 0.3 is 0 Å². The quantitative estimate of drug-likeness (QED) is 0.850. The van der Waals surface area contributed by atoms with Crippen molar-refractivity contribution in [2.75, 3.05) is 6.54 Å². The van der Waals surface area contributed by atoms with Crippen LogP contribution in [0.4, 0.5) is 4.39 Å². The van der Waals surface area contributed by atoms with Gasteiger partial charge in [0, 0.05) is 22.8 Å². The topological polar surface area (TPSA) is 63.2 Å². The van der Waals surface area contributed by atoms with Gasteiger partial charge in [-0.2, -0.15) is 0 Å². The van der Waals surface area contributed by atoms with Crippen LogP contribution in [0.1, 0.15) is 30.6 Å². The van der Waals surface area contributed by atoms with Crippen molar-refractivity contribution >= 4 is 25.6 Å². The zero-order valence-corrected chi connectivity index (χ0v) is 12.2. The van der Waals surface area contributed by atoms with Crippen molar-refractivity contribution in [2.45, 2.75) is 25.2 Å². The van der Waals surface area contributed by atoms with Crippen LogP contribution in [0.3, 0.4) is 0 Å². The van der Waals surface area contributed by atoms with Crippen LogP contribution in [0.25, 0.3) is 0 Å². The summed E-state index contributed by atoms with van der Waals surface area (Å²) in [5, 5.41) is 2.59. The Hall–Kier alpha value is -1.14. The van der Waals surface area contributed by atoms with Gasteiger partial charge < -0.3 is 5.32 Å². The zero-order chi connectivity index (χ0) is 14.6. The van der Waals surface area contributed by atoms with Crippen LogP contribution in [0.2, 0.25) is 0 Å². The molecule has 0 aromatic heterocycles. The number of carbonyl (C=O) groups excluding carboxylic acids is 1. The fourth-order valence-corrected chi connectivity index (χ4v) is 2.20. The van der Waals surface area contributed by atoms with Gasteiger partial charge in [-0.1, -0.05) is 13.8 Å². The average molecular weight is 308 g/mol. The van der Waals surface area contributed by atoms with E-state index >= 15 is 0 Å². The van der Waals surface area contributed by atoms with Crippen molar-refractivity contribution in [3.8, 4) is 0 Å². The first kappa shape index (κ1) is 15.9.